The second-order valence-electron chi connectivity index (χ2n) is 3.31. The second kappa shape index (κ2) is 4.77. The quantitative estimate of drug-likeness (QED) is 0.755. The summed E-state index contributed by atoms with van der Waals surface area (Å²) in [6, 6.07) is 13.6. The van der Waals surface area contributed by atoms with Gasteiger partial charge < -0.3 is 4.74 Å². The van der Waals surface area contributed by atoms with Crippen molar-refractivity contribution in [1.82, 2.24) is 0 Å². The molecule has 2 aromatic rings. The van der Waals surface area contributed by atoms with Crippen molar-refractivity contribution in [2.45, 2.75) is 0 Å². The van der Waals surface area contributed by atoms with E-state index in [9.17, 15) is 0 Å². The number of benzene rings is 2. The van der Waals surface area contributed by atoms with E-state index in [1.54, 1.807) is 13.2 Å². The highest BCUT2D eigenvalue weighted by atomic mass is 35.5. The predicted octanol–water partition coefficient (Wildman–Crippen LogP) is 4.67. The van der Waals surface area contributed by atoms with Crippen LogP contribution in [0, 0.1) is 0 Å². The fourth-order valence-corrected chi connectivity index (χ4v) is 2.19. The Morgan fingerprint density at radius 1 is 0.938 bits per heavy atom. The number of rotatable bonds is 2. The summed E-state index contributed by atoms with van der Waals surface area (Å²) in [5.41, 5.74) is 1.96. The van der Waals surface area contributed by atoms with Crippen molar-refractivity contribution in [3.8, 4) is 16.9 Å². The van der Waals surface area contributed by atoms with Crippen LogP contribution in [0.1, 0.15) is 0 Å². The molecule has 0 unspecified atom stereocenters. The first-order valence-corrected chi connectivity index (χ1v) is 5.57. The van der Waals surface area contributed by atoms with Gasteiger partial charge in [0.25, 0.3) is 0 Å². The number of hydrogen-bond donors (Lipinski definition) is 0. The molecule has 0 heterocycles. The third-order valence-electron chi connectivity index (χ3n) is 2.34. The summed E-state index contributed by atoms with van der Waals surface area (Å²) in [4.78, 5) is 0. The zero-order valence-corrected chi connectivity index (χ0v) is 10.2. The maximum absolute atomic E-state index is 6.24. The standard InChI is InChI=1S/C13H10Cl2O/c1-16-13-11(14)8-7-10(12(13)15)9-5-3-2-4-6-9/h2-8H,1H3. The summed E-state index contributed by atoms with van der Waals surface area (Å²) in [6.07, 6.45) is 0. The van der Waals surface area contributed by atoms with Gasteiger partial charge in [-0.25, -0.2) is 0 Å². The van der Waals surface area contributed by atoms with Gasteiger partial charge in [0.15, 0.2) is 5.75 Å². The second-order valence-corrected chi connectivity index (χ2v) is 4.09. The molecule has 0 aliphatic carbocycles. The van der Waals surface area contributed by atoms with Gasteiger partial charge in [-0.05, 0) is 11.6 Å². The Morgan fingerprint density at radius 2 is 1.62 bits per heavy atom. The van der Waals surface area contributed by atoms with Crippen LogP contribution >= 0.6 is 23.2 Å². The minimum Gasteiger partial charge on any atom is -0.494 e. The lowest BCUT2D eigenvalue weighted by Gasteiger charge is -2.10. The van der Waals surface area contributed by atoms with Gasteiger partial charge in [-0.3, -0.25) is 0 Å². The van der Waals surface area contributed by atoms with E-state index in [1.807, 2.05) is 36.4 Å². The zero-order valence-electron chi connectivity index (χ0n) is 8.71. The molecule has 16 heavy (non-hydrogen) atoms. The summed E-state index contributed by atoms with van der Waals surface area (Å²) < 4.78 is 5.17. The van der Waals surface area contributed by atoms with Gasteiger partial charge in [-0.15, -0.1) is 0 Å². The van der Waals surface area contributed by atoms with Gasteiger partial charge in [-0.1, -0.05) is 59.6 Å². The van der Waals surface area contributed by atoms with Crippen LogP contribution < -0.4 is 4.74 Å². The van der Waals surface area contributed by atoms with Gasteiger partial charge in [0.2, 0.25) is 0 Å². The van der Waals surface area contributed by atoms with E-state index in [4.69, 9.17) is 27.9 Å². The van der Waals surface area contributed by atoms with Crippen molar-refractivity contribution in [3.05, 3.63) is 52.5 Å². The maximum atomic E-state index is 6.24. The number of ether oxygens (including phenoxy) is 1. The van der Waals surface area contributed by atoms with Crippen LogP contribution in [0.4, 0.5) is 0 Å². The molecule has 0 saturated heterocycles. The van der Waals surface area contributed by atoms with Gasteiger partial charge >= 0.3 is 0 Å². The molecule has 0 N–H and O–H groups in total. The highest BCUT2D eigenvalue weighted by Gasteiger charge is 2.11. The molecule has 0 aliphatic rings. The van der Waals surface area contributed by atoms with E-state index in [2.05, 4.69) is 0 Å². The van der Waals surface area contributed by atoms with E-state index >= 15 is 0 Å². The van der Waals surface area contributed by atoms with Crippen LogP contribution in [0.3, 0.4) is 0 Å². The van der Waals surface area contributed by atoms with Crippen molar-refractivity contribution in [1.29, 1.82) is 0 Å². The third-order valence-corrected chi connectivity index (χ3v) is 3.01. The van der Waals surface area contributed by atoms with Crippen LogP contribution in [-0.2, 0) is 0 Å². The molecule has 0 spiro atoms. The van der Waals surface area contributed by atoms with E-state index in [1.165, 1.54) is 0 Å². The van der Waals surface area contributed by atoms with E-state index in [0.717, 1.165) is 11.1 Å². The normalized spacial score (nSPS) is 10.2. The monoisotopic (exact) mass is 252 g/mol. The molecule has 0 bridgehead atoms. The SMILES string of the molecule is COc1c(Cl)ccc(-c2ccccc2)c1Cl. The van der Waals surface area contributed by atoms with Crippen molar-refractivity contribution in [3.63, 3.8) is 0 Å². The van der Waals surface area contributed by atoms with Crippen LogP contribution in [0.2, 0.25) is 10.0 Å². The third kappa shape index (κ3) is 2.01. The number of halogens is 2. The molecule has 2 rings (SSSR count). The zero-order chi connectivity index (χ0) is 11.5. The minimum absolute atomic E-state index is 0.518. The van der Waals surface area contributed by atoms with Crippen LogP contribution in [0.25, 0.3) is 11.1 Å². The molecule has 0 saturated carbocycles. The fourth-order valence-electron chi connectivity index (χ4n) is 1.56. The lowest BCUT2D eigenvalue weighted by molar-refractivity contribution is 0.415. The van der Waals surface area contributed by atoms with Crippen LogP contribution in [0.15, 0.2) is 42.5 Å². The summed E-state index contributed by atoms with van der Waals surface area (Å²) in [6.45, 7) is 0. The van der Waals surface area contributed by atoms with E-state index in [0.29, 0.717) is 15.8 Å². The van der Waals surface area contributed by atoms with Crippen molar-refractivity contribution in [2.75, 3.05) is 7.11 Å². The summed E-state index contributed by atoms with van der Waals surface area (Å²) >= 11 is 12.2. The molecule has 2 aromatic carbocycles. The first-order valence-electron chi connectivity index (χ1n) is 4.81. The first-order chi connectivity index (χ1) is 7.74. The molecular formula is C13H10Cl2O. The number of methoxy groups -OCH3 is 1. The molecule has 3 heteroatoms. The molecule has 0 fully saturated rings. The fraction of sp³-hybridized carbons (Fsp3) is 0.0769. The Labute approximate surface area is 105 Å². The minimum atomic E-state index is 0.518. The van der Waals surface area contributed by atoms with Crippen molar-refractivity contribution < 1.29 is 4.74 Å². The van der Waals surface area contributed by atoms with Gasteiger partial charge in [0.05, 0.1) is 17.2 Å². The average Bonchev–Trinajstić information content (AvgIpc) is 2.31. The largest absolute Gasteiger partial charge is 0.494 e. The molecule has 0 amide bonds. The molecule has 1 nitrogen and oxygen atoms in total. The predicted molar refractivity (Wildman–Crippen MR) is 68.5 cm³/mol. The van der Waals surface area contributed by atoms with Gasteiger partial charge in [-0.2, -0.15) is 0 Å². The summed E-state index contributed by atoms with van der Waals surface area (Å²) in [5.74, 6) is 0.518. The van der Waals surface area contributed by atoms with E-state index in [-0.39, 0.29) is 0 Å². The Morgan fingerprint density at radius 3 is 2.25 bits per heavy atom. The highest BCUT2D eigenvalue weighted by Crippen LogP contribution is 2.39. The van der Waals surface area contributed by atoms with E-state index < -0.39 is 0 Å². The van der Waals surface area contributed by atoms with Crippen LogP contribution in [0.5, 0.6) is 5.75 Å². The summed E-state index contributed by atoms with van der Waals surface area (Å²) in [5, 5.41) is 1.06. The molecule has 82 valence electrons. The Kier molecular flexibility index (Phi) is 3.37. The molecule has 0 aromatic heterocycles. The topological polar surface area (TPSA) is 9.23 Å². The molecule has 0 radical (unpaired) electrons. The smallest absolute Gasteiger partial charge is 0.156 e. The maximum Gasteiger partial charge on any atom is 0.156 e. The molecule has 0 atom stereocenters. The van der Waals surface area contributed by atoms with Gasteiger partial charge in [0.1, 0.15) is 0 Å². The highest BCUT2D eigenvalue weighted by molar-refractivity contribution is 6.39. The summed E-state index contributed by atoms with van der Waals surface area (Å²) in [7, 11) is 1.56. The van der Waals surface area contributed by atoms with Gasteiger partial charge in [0, 0.05) is 5.56 Å². The lowest BCUT2D eigenvalue weighted by Crippen LogP contribution is -1.88. The lowest BCUT2D eigenvalue weighted by atomic mass is 10.1. The first kappa shape index (κ1) is 11.3. The van der Waals surface area contributed by atoms with Crippen molar-refractivity contribution >= 4 is 23.2 Å². The van der Waals surface area contributed by atoms with Crippen LogP contribution in [-0.4, -0.2) is 7.11 Å². The Hall–Kier alpha value is -1.18. The number of hydrogen-bond acceptors (Lipinski definition) is 1. The Bertz CT molecular complexity index is 495. The molecule has 0 aliphatic heterocycles. The van der Waals surface area contributed by atoms with Crippen molar-refractivity contribution in [2.24, 2.45) is 0 Å². The Balaban J connectivity index is 2.59. The average molecular weight is 253 g/mol. The molecular weight excluding hydrogens is 243 g/mol.